The molecule has 102 valence electrons. The standard InChI is InChI=1S/C13H19N5O/c1-4-10(5-2)18-13(15-16-17-18)11-7-6-9(14)8-12(11)19-3/h6-8,10H,4-5,14H2,1-3H3. The summed E-state index contributed by atoms with van der Waals surface area (Å²) in [6.45, 7) is 4.25. The van der Waals surface area contributed by atoms with Gasteiger partial charge in [0, 0.05) is 11.8 Å². The number of aromatic nitrogens is 4. The lowest BCUT2D eigenvalue weighted by Gasteiger charge is -2.15. The minimum absolute atomic E-state index is 0.284. The van der Waals surface area contributed by atoms with Crippen molar-refractivity contribution in [3.8, 4) is 17.1 Å². The maximum absolute atomic E-state index is 5.77. The molecule has 6 nitrogen and oxygen atoms in total. The van der Waals surface area contributed by atoms with Gasteiger partial charge >= 0.3 is 0 Å². The fourth-order valence-corrected chi connectivity index (χ4v) is 2.14. The largest absolute Gasteiger partial charge is 0.496 e. The molecule has 19 heavy (non-hydrogen) atoms. The molecule has 0 aliphatic carbocycles. The summed E-state index contributed by atoms with van der Waals surface area (Å²) in [4.78, 5) is 0. The summed E-state index contributed by atoms with van der Waals surface area (Å²) in [7, 11) is 1.61. The zero-order chi connectivity index (χ0) is 13.8. The van der Waals surface area contributed by atoms with Crippen LogP contribution in [0.3, 0.4) is 0 Å². The lowest BCUT2D eigenvalue weighted by molar-refractivity contribution is 0.409. The third-order valence-corrected chi connectivity index (χ3v) is 3.25. The van der Waals surface area contributed by atoms with E-state index in [-0.39, 0.29) is 6.04 Å². The number of nitrogens with two attached hydrogens (primary N) is 1. The summed E-state index contributed by atoms with van der Waals surface area (Å²) in [5.74, 6) is 1.40. The van der Waals surface area contributed by atoms with Crippen LogP contribution in [0.4, 0.5) is 5.69 Å². The molecule has 0 amide bonds. The molecule has 1 aromatic carbocycles. The van der Waals surface area contributed by atoms with Crippen molar-refractivity contribution in [2.45, 2.75) is 32.7 Å². The number of tetrazole rings is 1. The summed E-state index contributed by atoms with van der Waals surface area (Å²) >= 11 is 0. The molecule has 0 aliphatic rings. The minimum Gasteiger partial charge on any atom is -0.496 e. The van der Waals surface area contributed by atoms with Gasteiger partial charge in [0.05, 0.1) is 18.7 Å². The molecular weight excluding hydrogens is 242 g/mol. The van der Waals surface area contributed by atoms with E-state index in [1.54, 1.807) is 13.2 Å². The molecule has 1 heterocycles. The van der Waals surface area contributed by atoms with Crippen molar-refractivity contribution < 1.29 is 4.74 Å². The molecule has 0 bridgehead atoms. The monoisotopic (exact) mass is 261 g/mol. The lowest BCUT2D eigenvalue weighted by atomic mass is 10.1. The molecule has 2 N–H and O–H groups in total. The van der Waals surface area contributed by atoms with Gasteiger partial charge in [0.15, 0.2) is 5.82 Å². The van der Waals surface area contributed by atoms with Gasteiger partial charge in [0.25, 0.3) is 0 Å². The number of hydrogen-bond donors (Lipinski definition) is 1. The number of benzene rings is 1. The third kappa shape index (κ3) is 2.52. The van der Waals surface area contributed by atoms with E-state index in [4.69, 9.17) is 10.5 Å². The van der Waals surface area contributed by atoms with Crippen molar-refractivity contribution in [2.75, 3.05) is 12.8 Å². The summed E-state index contributed by atoms with van der Waals surface area (Å²) in [6.07, 6.45) is 1.96. The second-order valence-corrected chi connectivity index (χ2v) is 4.38. The van der Waals surface area contributed by atoms with Gasteiger partial charge in [-0.1, -0.05) is 13.8 Å². The van der Waals surface area contributed by atoms with Crippen LogP contribution in [-0.4, -0.2) is 27.3 Å². The van der Waals surface area contributed by atoms with Gasteiger partial charge in [-0.25, -0.2) is 4.68 Å². The molecule has 0 atom stereocenters. The van der Waals surface area contributed by atoms with Gasteiger partial charge in [-0.2, -0.15) is 0 Å². The molecule has 0 unspecified atom stereocenters. The Kier molecular flexibility index (Phi) is 3.99. The maximum Gasteiger partial charge on any atom is 0.186 e. The molecule has 0 fully saturated rings. The van der Waals surface area contributed by atoms with Gasteiger partial charge in [-0.05, 0) is 35.4 Å². The summed E-state index contributed by atoms with van der Waals surface area (Å²) in [6, 6.07) is 5.77. The molecule has 2 aromatic rings. The van der Waals surface area contributed by atoms with Crippen molar-refractivity contribution in [3.63, 3.8) is 0 Å². The maximum atomic E-state index is 5.77. The number of nitrogen functional groups attached to an aromatic ring is 1. The fraction of sp³-hybridized carbons (Fsp3) is 0.462. The molecule has 1 aromatic heterocycles. The third-order valence-electron chi connectivity index (χ3n) is 3.25. The highest BCUT2D eigenvalue weighted by Gasteiger charge is 2.18. The van der Waals surface area contributed by atoms with E-state index in [1.807, 2.05) is 16.8 Å². The van der Waals surface area contributed by atoms with E-state index < -0.39 is 0 Å². The number of hydrogen-bond acceptors (Lipinski definition) is 5. The molecule has 0 spiro atoms. The topological polar surface area (TPSA) is 78.9 Å². The van der Waals surface area contributed by atoms with E-state index in [2.05, 4.69) is 29.4 Å². The van der Waals surface area contributed by atoms with Crippen LogP contribution in [0.2, 0.25) is 0 Å². The quantitative estimate of drug-likeness (QED) is 0.835. The number of ether oxygens (including phenoxy) is 1. The highest BCUT2D eigenvalue weighted by molar-refractivity contribution is 5.67. The Morgan fingerprint density at radius 1 is 1.32 bits per heavy atom. The van der Waals surface area contributed by atoms with Crippen LogP contribution in [0.25, 0.3) is 11.4 Å². The Hall–Kier alpha value is -2.11. The van der Waals surface area contributed by atoms with Crippen LogP contribution in [-0.2, 0) is 0 Å². The Morgan fingerprint density at radius 3 is 2.68 bits per heavy atom. The van der Waals surface area contributed by atoms with E-state index in [9.17, 15) is 0 Å². The average molecular weight is 261 g/mol. The molecular formula is C13H19N5O. The number of methoxy groups -OCH3 is 1. The molecule has 2 rings (SSSR count). The first-order chi connectivity index (χ1) is 9.21. The number of rotatable bonds is 5. The second-order valence-electron chi connectivity index (χ2n) is 4.38. The summed E-state index contributed by atoms with van der Waals surface area (Å²) in [5, 5.41) is 12.0. The van der Waals surface area contributed by atoms with E-state index in [0.29, 0.717) is 17.3 Å². The number of nitrogens with zero attached hydrogens (tertiary/aromatic N) is 4. The van der Waals surface area contributed by atoms with Crippen LogP contribution >= 0.6 is 0 Å². The van der Waals surface area contributed by atoms with Gasteiger partial charge in [-0.3, -0.25) is 0 Å². The minimum atomic E-state index is 0.284. The van der Waals surface area contributed by atoms with E-state index >= 15 is 0 Å². The van der Waals surface area contributed by atoms with Crippen molar-refractivity contribution in [1.29, 1.82) is 0 Å². The van der Waals surface area contributed by atoms with Crippen LogP contribution in [0.5, 0.6) is 5.75 Å². The predicted molar refractivity (Wildman–Crippen MR) is 73.8 cm³/mol. The van der Waals surface area contributed by atoms with E-state index in [0.717, 1.165) is 18.4 Å². The highest BCUT2D eigenvalue weighted by Crippen LogP contribution is 2.31. The van der Waals surface area contributed by atoms with Gasteiger partial charge in [0.2, 0.25) is 0 Å². The highest BCUT2D eigenvalue weighted by atomic mass is 16.5. The van der Waals surface area contributed by atoms with E-state index in [1.165, 1.54) is 0 Å². The van der Waals surface area contributed by atoms with Crippen LogP contribution < -0.4 is 10.5 Å². The normalized spacial score (nSPS) is 10.9. The molecule has 0 saturated heterocycles. The zero-order valence-electron chi connectivity index (χ0n) is 11.5. The summed E-state index contributed by atoms with van der Waals surface area (Å²) < 4.78 is 7.22. The second kappa shape index (κ2) is 5.69. The van der Waals surface area contributed by atoms with Gasteiger partial charge in [-0.15, -0.1) is 5.10 Å². The van der Waals surface area contributed by atoms with Crippen molar-refractivity contribution in [1.82, 2.24) is 20.2 Å². The Labute approximate surface area is 112 Å². The fourth-order valence-electron chi connectivity index (χ4n) is 2.14. The zero-order valence-corrected chi connectivity index (χ0v) is 11.5. The first kappa shape index (κ1) is 13.3. The van der Waals surface area contributed by atoms with Gasteiger partial charge in [0.1, 0.15) is 5.75 Å². The average Bonchev–Trinajstić information content (AvgIpc) is 2.89. The van der Waals surface area contributed by atoms with Crippen molar-refractivity contribution in [3.05, 3.63) is 18.2 Å². The van der Waals surface area contributed by atoms with Crippen molar-refractivity contribution >= 4 is 5.69 Å². The molecule has 0 saturated carbocycles. The number of anilines is 1. The molecule has 0 radical (unpaired) electrons. The molecule has 6 heteroatoms. The summed E-state index contributed by atoms with van der Waals surface area (Å²) in [5.41, 5.74) is 7.28. The van der Waals surface area contributed by atoms with Gasteiger partial charge < -0.3 is 10.5 Å². The SMILES string of the molecule is CCC(CC)n1nnnc1-c1ccc(N)cc1OC. The lowest BCUT2D eigenvalue weighted by Crippen LogP contribution is -2.11. The van der Waals surface area contributed by atoms with Crippen LogP contribution in [0.15, 0.2) is 18.2 Å². The predicted octanol–water partition coefficient (Wildman–Crippen LogP) is 2.29. The Morgan fingerprint density at radius 2 is 2.05 bits per heavy atom. The molecule has 0 aliphatic heterocycles. The van der Waals surface area contributed by atoms with Crippen LogP contribution in [0, 0.1) is 0 Å². The smallest absolute Gasteiger partial charge is 0.186 e. The first-order valence-corrected chi connectivity index (χ1v) is 6.43. The van der Waals surface area contributed by atoms with Crippen molar-refractivity contribution in [2.24, 2.45) is 0 Å². The first-order valence-electron chi connectivity index (χ1n) is 6.43. The van der Waals surface area contributed by atoms with Crippen LogP contribution in [0.1, 0.15) is 32.7 Å². The Bertz CT molecular complexity index is 548. The Balaban J connectivity index is 2.51.